The highest BCUT2D eigenvalue weighted by Gasteiger charge is 2.16. The Kier molecular flexibility index (Phi) is 3.08. The van der Waals surface area contributed by atoms with Crippen LogP contribution in [0, 0.1) is 12.7 Å². The third-order valence-corrected chi connectivity index (χ3v) is 3.82. The van der Waals surface area contributed by atoms with Gasteiger partial charge in [-0.25, -0.2) is 4.39 Å². The van der Waals surface area contributed by atoms with Crippen molar-refractivity contribution in [2.45, 2.75) is 12.3 Å². The van der Waals surface area contributed by atoms with E-state index in [0.717, 1.165) is 4.88 Å². The summed E-state index contributed by atoms with van der Waals surface area (Å²) in [5.74, 6) is -0.203. The largest absolute Gasteiger partial charge is 0.206 e. The first kappa shape index (κ1) is 10.7. The molecule has 2 rings (SSSR count). The lowest BCUT2D eigenvalue weighted by atomic mass is 10.1. The Hall–Kier alpha value is -0.860. The second kappa shape index (κ2) is 4.33. The summed E-state index contributed by atoms with van der Waals surface area (Å²) in [6, 6.07) is 9.15. The van der Waals surface area contributed by atoms with Crippen molar-refractivity contribution in [1.82, 2.24) is 0 Å². The van der Waals surface area contributed by atoms with Gasteiger partial charge in [0.1, 0.15) is 5.82 Å². The SMILES string of the molecule is Cc1cccc(C(Cl)c2cccs2)c1F. The van der Waals surface area contributed by atoms with Crippen molar-refractivity contribution in [3.05, 3.63) is 57.5 Å². The molecule has 0 aliphatic heterocycles. The topological polar surface area (TPSA) is 0 Å². The summed E-state index contributed by atoms with van der Waals surface area (Å²) in [4.78, 5) is 0.973. The highest BCUT2D eigenvalue weighted by atomic mass is 35.5. The monoisotopic (exact) mass is 240 g/mol. The Bertz CT molecular complexity index is 451. The first-order valence-corrected chi connectivity index (χ1v) is 5.94. The van der Waals surface area contributed by atoms with Crippen LogP contribution in [0.4, 0.5) is 4.39 Å². The molecule has 3 heteroatoms. The van der Waals surface area contributed by atoms with Crippen molar-refractivity contribution in [1.29, 1.82) is 0 Å². The molecule has 1 heterocycles. The van der Waals surface area contributed by atoms with Crippen LogP contribution in [-0.4, -0.2) is 0 Å². The molecular formula is C12H10ClFS. The molecule has 0 spiro atoms. The van der Waals surface area contributed by atoms with E-state index in [2.05, 4.69) is 0 Å². The number of halogens is 2. The maximum absolute atomic E-state index is 13.8. The molecule has 0 amide bonds. The van der Waals surface area contributed by atoms with Gasteiger partial charge in [-0.1, -0.05) is 24.3 Å². The molecule has 1 aromatic carbocycles. The third-order valence-electron chi connectivity index (χ3n) is 2.29. The van der Waals surface area contributed by atoms with Gasteiger partial charge in [0.25, 0.3) is 0 Å². The van der Waals surface area contributed by atoms with Crippen molar-refractivity contribution in [3.63, 3.8) is 0 Å². The van der Waals surface area contributed by atoms with E-state index in [0.29, 0.717) is 11.1 Å². The van der Waals surface area contributed by atoms with Crippen molar-refractivity contribution in [3.8, 4) is 0 Å². The third kappa shape index (κ3) is 2.06. The van der Waals surface area contributed by atoms with Gasteiger partial charge in [0, 0.05) is 10.4 Å². The lowest BCUT2D eigenvalue weighted by Crippen LogP contribution is -1.96. The molecule has 0 fully saturated rings. The molecule has 1 aromatic heterocycles. The van der Waals surface area contributed by atoms with E-state index in [9.17, 15) is 4.39 Å². The zero-order chi connectivity index (χ0) is 10.8. The number of aryl methyl sites for hydroxylation is 1. The van der Waals surface area contributed by atoms with Gasteiger partial charge in [-0.15, -0.1) is 22.9 Å². The first-order chi connectivity index (χ1) is 7.20. The Morgan fingerprint density at radius 2 is 2.07 bits per heavy atom. The second-order valence-corrected chi connectivity index (χ2v) is 4.77. The van der Waals surface area contributed by atoms with E-state index < -0.39 is 0 Å². The van der Waals surface area contributed by atoms with Crippen LogP contribution in [0.1, 0.15) is 21.4 Å². The summed E-state index contributed by atoms with van der Waals surface area (Å²) in [5, 5.41) is 1.56. The number of hydrogen-bond donors (Lipinski definition) is 0. The zero-order valence-electron chi connectivity index (χ0n) is 8.21. The number of rotatable bonds is 2. The molecule has 0 saturated heterocycles. The van der Waals surface area contributed by atoms with Gasteiger partial charge in [-0.05, 0) is 23.9 Å². The fourth-order valence-corrected chi connectivity index (χ4v) is 2.57. The molecule has 1 unspecified atom stereocenters. The van der Waals surface area contributed by atoms with E-state index >= 15 is 0 Å². The number of benzene rings is 1. The van der Waals surface area contributed by atoms with Crippen LogP contribution >= 0.6 is 22.9 Å². The molecule has 0 aliphatic rings. The van der Waals surface area contributed by atoms with Crippen LogP contribution in [0.2, 0.25) is 0 Å². The van der Waals surface area contributed by atoms with Gasteiger partial charge in [-0.3, -0.25) is 0 Å². The Balaban J connectivity index is 2.42. The van der Waals surface area contributed by atoms with Crippen molar-refractivity contribution in [2.24, 2.45) is 0 Å². The van der Waals surface area contributed by atoms with Crippen LogP contribution in [0.3, 0.4) is 0 Å². The Morgan fingerprint density at radius 3 is 2.73 bits per heavy atom. The van der Waals surface area contributed by atoms with Gasteiger partial charge in [0.05, 0.1) is 5.38 Å². The number of hydrogen-bond acceptors (Lipinski definition) is 1. The zero-order valence-corrected chi connectivity index (χ0v) is 9.78. The first-order valence-electron chi connectivity index (χ1n) is 4.62. The highest BCUT2D eigenvalue weighted by Crippen LogP contribution is 2.33. The molecular weight excluding hydrogens is 231 g/mol. The van der Waals surface area contributed by atoms with Crippen molar-refractivity contribution < 1.29 is 4.39 Å². The summed E-state index contributed by atoms with van der Waals surface area (Å²) in [5.41, 5.74) is 1.19. The van der Waals surface area contributed by atoms with Crippen molar-refractivity contribution in [2.75, 3.05) is 0 Å². The Labute approximate surface area is 97.3 Å². The average Bonchev–Trinajstić information content (AvgIpc) is 2.74. The quantitative estimate of drug-likeness (QED) is 0.677. The summed E-state index contributed by atoms with van der Waals surface area (Å²) in [6.07, 6.45) is 0. The maximum Gasteiger partial charge on any atom is 0.131 e. The second-order valence-electron chi connectivity index (χ2n) is 3.36. The molecule has 0 nitrogen and oxygen atoms in total. The van der Waals surface area contributed by atoms with E-state index in [-0.39, 0.29) is 11.2 Å². The molecule has 0 aliphatic carbocycles. The lowest BCUT2D eigenvalue weighted by molar-refractivity contribution is 0.604. The molecule has 0 N–H and O–H groups in total. The predicted octanol–water partition coefficient (Wildman–Crippen LogP) is 4.52. The van der Waals surface area contributed by atoms with Crippen LogP contribution in [0.25, 0.3) is 0 Å². The summed E-state index contributed by atoms with van der Waals surface area (Å²) < 4.78 is 13.8. The van der Waals surface area contributed by atoms with Crippen LogP contribution < -0.4 is 0 Å². The fraction of sp³-hybridized carbons (Fsp3) is 0.167. The predicted molar refractivity (Wildman–Crippen MR) is 63.2 cm³/mol. The molecule has 78 valence electrons. The summed E-state index contributed by atoms with van der Waals surface area (Å²) in [6.45, 7) is 1.75. The molecule has 15 heavy (non-hydrogen) atoms. The molecule has 0 bridgehead atoms. The molecule has 2 aromatic rings. The Morgan fingerprint density at radius 1 is 1.27 bits per heavy atom. The minimum atomic E-state index is -0.384. The minimum Gasteiger partial charge on any atom is -0.206 e. The smallest absolute Gasteiger partial charge is 0.131 e. The summed E-state index contributed by atoms with van der Waals surface area (Å²) >= 11 is 7.76. The maximum atomic E-state index is 13.8. The van der Waals surface area contributed by atoms with Gasteiger partial charge in [-0.2, -0.15) is 0 Å². The standard InChI is InChI=1S/C12H10ClFS/c1-8-4-2-5-9(12(8)14)11(13)10-6-3-7-15-10/h2-7,11H,1H3. The minimum absolute atomic E-state index is 0.203. The van der Waals surface area contributed by atoms with Crippen molar-refractivity contribution >= 4 is 22.9 Å². The molecule has 0 saturated carbocycles. The van der Waals surface area contributed by atoms with E-state index in [1.54, 1.807) is 30.4 Å². The number of alkyl halides is 1. The van der Waals surface area contributed by atoms with Crippen LogP contribution in [0.5, 0.6) is 0 Å². The number of thiophene rings is 1. The van der Waals surface area contributed by atoms with Gasteiger partial charge in [0.2, 0.25) is 0 Å². The average molecular weight is 241 g/mol. The van der Waals surface area contributed by atoms with E-state index in [1.165, 1.54) is 0 Å². The lowest BCUT2D eigenvalue weighted by Gasteiger charge is -2.10. The van der Waals surface area contributed by atoms with E-state index in [4.69, 9.17) is 11.6 Å². The van der Waals surface area contributed by atoms with Gasteiger partial charge < -0.3 is 0 Å². The molecule has 0 radical (unpaired) electrons. The van der Waals surface area contributed by atoms with Gasteiger partial charge >= 0.3 is 0 Å². The van der Waals surface area contributed by atoms with Gasteiger partial charge in [0.15, 0.2) is 0 Å². The van der Waals surface area contributed by atoms with Crippen LogP contribution in [0.15, 0.2) is 35.7 Å². The highest BCUT2D eigenvalue weighted by molar-refractivity contribution is 7.10. The normalized spacial score (nSPS) is 12.7. The van der Waals surface area contributed by atoms with E-state index in [1.807, 2.05) is 23.6 Å². The summed E-state index contributed by atoms with van der Waals surface area (Å²) in [7, 11) is 0. The van der Waals surface area contributed by atoms with Crippen LogP contribution in [-0.2, 0) is 0 Å². The fourth-order valence-electron chi connectivity index (χ4n) is 1.45. The molecule has 1 atom stereocenters.